The standard InChI is InChI=1S/C10H10BrNOS/c1-6(14)12-8-3-2-4-9-7(8)5-10(11)13-9/h2-4,10H,5H2,1H3,(H,12,14). The van der Waals surface area contributed by atoms with Crippen molar-refractivity contribution in [2.24, 2.45) is 0 Å². The third kappa shape index (κ3) is 1.91. The van der Waals surface area contributed by atoms with Crippen molar-refractivity contribution in [1.82, 2.24) is 0 Å². The van der Waals surface area contributed by atoms with Gasteiger partial charge in [-0.25, -0.2) is 0 Å². The predicted molar refractivity (Wildman–Crippen MR) is 65.4 cm³/mol. The maximum Gasteiger partial charge on any atom is 0.157 e. The van der Waals surface area contributed by atoms with Gasteiger partial charge in [0.2, 0.25) is 0 Å². The Morgan fingerprint density at radius 3 is 3.14 bits per heavy atom. The first-order chi connectivity index (χ1) is 6.66. The van der Waals surface area contributed by atoms with E-state index >= 15 is 0 Å². The van der Waals surface area contributed by atoms with Gasteiger partial charge in [0.1, 0.15) is 5.75 Å². The summed E-state index contributed by atoms with van der Waals surface area (Å²) >= 11 is 8.45. The molecule has 0 amide bonds. The van der Waals surface area contributed by atoms with Gasteiger partial charge in [0, 0.05) is 17.7 Å². The monoisotopic (exact) mass is 271 g/mol. The van der Waals surface area contributed by atoms with E-state index in [0.29, 0.717) is 0 Å². The van der Waals surface area contributed by atoms with E-state index in [1.54, 1.807) is 0 Å². The van der Waals surface area contributed by atoms with Gasteiger partial charge in [0.25, 0.3) is 0 Å². The van der Waals surface area contributed by atoms with Gasteiger partial charge in [-0.05, 0) is 35.0 Å². The van der Waals surface area contributed by atoms with Crippen molar-refractivity contribution >= 4 is 38.8 Å². The molecule has 0 aromatic heterocycles. The second kappa shape index (κ2) is 3.87. The van der Waals surface area contributed by atoms with Crippen molar-refractivity contribution in [3.63, 3.8) is 0 Å². The van der Waals surface area contributed by atoms with Gasteiger partial charge in [-0.1, -0.05) is 18.3 Å². The van der Waals surface area contributed by atoms with E-state index in [1.807, 2.05) is 25.1 Å². The van der Waals surface area contributed by atoms with Gasteiger partial charge >= 0.3 is 0 Å². The van der Waals surface area contributed by atoms with Crippen LogP contribution in [0.25, 0.3) is 0 Å². The van der Waals surface area contributed by atoms with Gasteiger partial charge in [-0.3, -0.25) is 0 Å². The molecule has 2 rings (SSSR count). The van der Waals surface area contributed by atoms with Gasteiger partial charge in [0.05, 0.1) is 4.99 Å². The first-order valence-corrected chi connectivity index (χ1v) is 5.69. The lowest BCUT2D eigenvalue weighted by Crippen LogP contribution is -2.05. The number of nitrogens with one attached hydrogen (secondary N) is 1. The van der Waals surface area contributed by atoms with Crippen LogP contribution in [0.1, 0.15) is 12.5 Å². The summed E-state index contributed by atoms with van der Waals surface area (Å²) in [6, 6.07) is 5.95. The van der Waals surface area contributed by atoms with Gasteiger partial charge in [-0.2, -0.15) is 0 Å². The summed E-state index contributed by atoms with van der Waals surface area (Å²) in [7, 11) is 0. The smallest absolute Gasteiger partial charge is 0.157 e. The zero-order valence-corrected chi connectivity index (χ0v) is 10.1. The highest BCUT2D eigenvalue weighted by molar-refractivity contribution is 9.09. The molecular weight excluding hydrogens is 262 g/mol. The van der Waals surface area contributed by atoms with Crippen molar-refractivity contribution in [1.29, 1.82) is 0 Å². The molecule has 1 N–H and O–H groups in total. The highest BCUT2D eigenvalue weighted by Gasteiger charge is 2.22. The molecule has 0 saturated heterocycles. The Hall–Kier alpha value is -0.610. The molecular formula is C10H10BrNOS. The van der Waals surface area contributed by atoms with Crippen molar-refractivity contribution in [2.45, 2.75) is 18.4 Å². The maximum absolute atomic E-state index is 5.56. The number of hydrogen-bond acceptors (Lipinski definition) is 2. The van der Waals surface area contributed by atoms with Crippen LogP contribution in [0.4, 0.5) is 5.69 Å². The topological polar surface area (TPSA) is 21.3 Å². The average Bonchev–Trinajstić information content (AvgIpc) is 2.45. The second-order valence-electron chi connectivity index (χ2n) is 3.20. The molecule has 14 heavy (non-hydrogen) atoms. The lowest BCUT2D eigenvalue weighted by atomic mass is 10.1. The number of hydrogen-bond donors (Lipinski definition) is 1. The zero-order valence-electron chi connectivity index (χ0n) is 7.71. The number of rotatable bonds is 1. The lowest BCUT2D eigenvalue weighted by Gasteiger charge is -2.07. The van der Waals surface area contributed by atoms with E-state index in [0.717, 1.165) is 22.8 Å². The van der Waals surface area contributed by atoms with Crippen LogP contribution < -0.4 is 10.1 Å². The van der Waals surface area contributed by atoms with E-state index in [-0.39, 0.29) is 5.01 Å². The summed E-state index contributed by atoms with van der Waals surface area (Å²) in [6.45, 7) is 1.87. The predicted octanol–water partition coefficient (Wildman–Crippen LogP) is 3.10. The summed E-state index contributed by atoms with van der Waals surface area (Å²) in [5, 5.41) is 3.25. The molecule has 4 heteroatoms. The number of halogens is 1. The fourth-order valence-electron chi connectivity index (χ4n) is 1.53. The molecule has 1 heterocycles. The fourth-order valence-corrected chi connectivity index (χ4v) is 2.17. The molecule has 0 spiro atoms. The largest absolute Gasteiger partial charge is 0.479 e. The van der Waals surface area contributed by atoms with E-state index < -0.39 is 0 Å². The number of ether oxygens (including phenoxy) is 1. The molecule has 74 valence electrons. The molecule has 1 aliphatic rings. The fraction of sp³-hybridized carbons (Fsp3) is 0.300. The molecule has 1 aromatic rings. The summed E-state index contributed by atoms with van der Waals surface area (Å²) in [5.41, 5.74) is 2.25. The minimum atomic E-state index is 0.0888. The summed E-state index contributed by atoms with van der Waals surface area (Å²) in [4.78, 5) is 0.774. The molecule has 0 bridgehead atoms. The molecule has 0 saturated carbocycles. The molecule has 1 aliphatic heterocycles. The van der Waals surface area contributed by atoms with Gasteiger partial charge in [0.15, 0.2) is 5.01 Å². The highest BCUT2D eigenvalue weighted by atomic mass is 79.9. The Balaban J connectivity index is 2.34. The Labute approximate surface area is 96.8 Å². The lowest BCUT2D eigenvalue weighted by molar-refractivity contribution is 0.330. The minimum Gasteiger partial charge on any atom is -0.479 e. The van der Waals surface area contributed by atoms with E-state index in [4.69, 9.17) is 17.0 Å². The quantitative estimate of drug-likeness (QED) is 0.627. The summed E-state index contributed by atoms with van der Waals surface area (Å²) < 4.78 is 5.56. The first-order valence-electron chi connectivity index (χ1n) is 4.37. The third-order valence-electron chi connectivity index (χ3n) is 2.06. The number of fused-ring (bicyclic) bond motifs is 1. The average molecular weight is 272 g/mol. The van der Waals surface area contributed by atoms with E-state index in [1.165, 1.54) is 5.56 Å². The van der Waals surface area contributed by atoms with Gasteiger partial charge < -0.3 is 10.1 Å². The van der Waals surface area contributed by atoms with Crippen molar-refractivity contribution < 1.29 is 4.74 Å². The number of anilines is 1. The van der Waals surface area contributed by atoms with Crippen molar-refractivity contribution in [2.75, 3.05) is 5.32 Å². The Bertz CT molecular complexity index is 380. The molecule has 0 radical (unpaired) electrons. The normalized spacial score (nSPS) is 18.6. The van der Waals surface area contributed by atoms with Crippen molar-refractivity contribution in [3.05, 3.63) is 23.8 Å². The summed E-state index contributed by atoms with van der Waals surface area (Å²) in [5.74, 6) is 0.938. The third-order valence-corrected chi connectivity index (χ3v) is 2.68. The molecule has 1 unspecified atom stereocenters. The molecule has 0 fully saturated rings. The van der Waals surface area contributed by atoms with Crippen LogP contribution in [0.2, 0.25) is 0 Å². The van der Waals surface area contributed by atoms with Crippen LogP contribution in [0, 0.1) is 0 Å². The van der Waals surface area contributed by atoms with E-state index in [2.05, 4.69) is 21.2 Å². The van der Waals surface area contributed by atoms with Gasteiger partial charge in [-0.15, -0.1) is 0 Å². The Morgan fingerprint density at radius 1 is 1.64 bits per heavy atom. The molecule has 1 atom stereocenters. The highest BCUT2D eigenvalue weighted by Crippen LogP contribution is 2.36. The molecule has 1 aromatic carbocycles. The maximum atomic E-state index is 5.56. The first kappa shape index (κ1) is 9.93. The van der Waals surface area contributed by atoms with Crippen LogP contribution in [-0.2, 0) is 6.42 Å². The van der Waals surface area contributed by atoms with Crippen LogP contribution >= 0.6 is 28.1 Å². The molecule has 2 nitrogen and oxygen atoms in total. The van der Waals surface area contributed by atoms with E-state index in [9.17, 15) is 0 Å². The van der Waals surface area contributed by atoms with Crippen LogP contribution in [0.5, 0.6) is 5.75 Å². The zero-order chi connectivity index (χ0) is 10.1. The SMILES string of the molecule is CC(=S)Nc1cccc2c1CC(Br)O2. The van der Waals surface area contributed by atoms with Crippen LogP contribution in [-0.4, -0.2) is 10.0 Å². The van der Waals surface area contributed by atoms with Crippen molar-refractivity contribution in [3.8, 4) is 5.75 Å². The molecule has 0 aliphatic carbocycles. The summed E-state index contributed by atoms with van der Waals surface area (Å²) in [6.07, 6.45) is 0.876. The number of thiocarbonyl (C=S) groups is 1. The van der Waals surface area contributed by atoms with Crippen LogP contribution in [0.3, 0.4) is 0 Å². The number of benzene rings is 1. The number of alkyl halides is 1. The Kier molecular flexibility index (Phi) is 2.74. The second-order valence-corrected chi connectivity index (χ2v) is 4.83. The van der Waals surface area contributed by atoms with Crippen LogP contribution in [0.15, 0.2) is 18.2 Å². The Morgan fingerprint density at radius 2 is 2.43 bits per heavy atom. The minimum absolute atomic E-state index is 0.0888.